The number of aliphatic hydroxyl groups excluding tert-OH is 1. The van der Waals surface area contributed by atoms with Crippen LogP contribution in [0.4, 0.5) is 5.13 Å². The fourth-order valence-electron chi connectivity index (χ4n) is 4.17. The lowest BCUT2D eigenvalue weighted by Crippen LogP contribution is -2.29. The number of Topliss-reactive ketones (excluding diaryl/α,β-unsaturated/α-hetero) is 1. The van der Waals surface area contributed by atoms with Crippen LogP contribution in [0.5, 0.6) is 0 Å². The number of benzene rings is 3. The molecule has 3 aromatic carbocycles. The van der Waals surface area contributed by atoms with Crippen molar-refractivity contribution in [2.24, 2.45) is 0 Å². The van der Waals surface area contributed by atoms with Crippen LogP contribution in [0.3, 0.4) is 0 Å². The zero-order chi connectivity index (χ0) is 24.0. The Bertz CT molecular complexity index is 1470. The molecule has 1 fully saturated rings. The van der Waals surface area contributed by atoms with Crippen LogP contribution in [0.25, 0.3) is 16.0 Å². The molecule has 1 N–H and O–H groups in total. The van der Waals surface area contributed by atoms with E-state index >= 15 is 0 Å². The van der Waals surface area contributed by atoms with E-state index in [1.54, 1.807) is 12.1 Å². The van der Waals surface area contributed by atoms with Gasteiger partial charge in [0.25, 0.3) is 5.78 Å². The minimum absolute atomic E-state index is 0.0560. The number of halogens is 1. The van der Waals surface area contributed by atoms with Crippen molar-refractivity contribution in [3.8, 4) is 0 Å². The van der Waals surface area contributed by atoms with Crippen molar-refractivity contribution in [3.05, 3.63) is 99.0 Å². The zero-order valence-corrected chi connectivity index (χ0v) is 21.0. The van der Waals surface area contributed by atoms with Crippen LogP contribution in [0, 0.1) is 6.92 Å². The fourth-order valence-corrected chi connectivity index (χ4v) is 5.64. The van der Waals surface area contributed by atoms with Crippen molar-refractivity contribution in [2.45, 2.75) is 26.3 Å². The van der Waals surface area contributed by atoms with Crippen molar-refractivity contribution in [3.63, 3.8) is 0 Å². The smallest absolute Gasteiger partial charge is 0.301 e. The van der Waals surface area contributed by atoms with Gasteiger partial charge in [0.2, 0.25) is 0 Å². The molecule has 0 bridgehead atoms. The van der Waals surface area contributed by atoms with Gasteiger partial charge in [-0.1, -0.05) is 82.2 Å². The van der Waals surface area contributed by atoms with Crippen LogP contribution in [0.2, 0.25) is 0 Å². The molecule has 1 aliphatic heterocycles. The van der Waals surface area contributed by atoms with Gasteiger partial charge in [0.15, 0.2) is 5.13 Å². The Morgan fingerprint density at radius 1 is 1.09 bits per heavy atom. The summed E-state index contributed by atoms with van der Waals surface area (Å²) in [4.78, 5) is 32.8. The van der Waals surface area contributed by atoms with Crippen LogP contribution < -0.4 is 4.90 Å². The number of hydrogen-bond donors (Lipinski definition) is 1. The number of fused-ring (bicyclic) bond motifs is 1. The summed E-state index contributed by atoms with van der Waals surface area (Å²) in [5.74, 6) is -1.62. The summed E-state index contributed by atoms with van der Waals surface area (Å²) in [5, 5.41) is 11.7. The summed E-state index contributed by atoms with van der Waals surface area (Å²) in [5.41, 5.74) is 4.22. The van der Waals surface area contributed by atoms with Crippen LogP contribution in [0.1, 0.15) is 35.2 Å². The second-order valence-electron chi connectivity index (χ2n) is 8.24. The van der Waals surface area contributed by atoms with E-state index in [4.69, 9.17) is 0 Å². The Kier molecular flexibility index (Phi) is 5.83. The molecule has 1 aliphatic rings. The van der Waals surface area contributed by atoms with Crippen molar-refractivity contribution in [2.75, 3.05) is 4.90 Å². The molecule has 0 spiro atoms. The lowest BCUT2D eigenvalue weighted by atomic mass is 9.95. The third-order valence-corrected chi connectivity index (χ3v) is 7.50. The Morgan fingerprint density at radius 2 is 1.85 bits per heavy atom. The Labute approximate surface area is 209 Å². The predicted octanol–water partition coefficient (Wildman–Crippen LogP) is 6.56. The largest absolute Gasteiger partial charge is 0.507 e. The first-order chi connectivity index (χ1) is 16.4. The second-order valence-corrected chi connectivity index (χ2v) is 10.2. The molecular weight excluding hydrogens is 512 g/mol. The predicted molar refractivity (Wildman–Crippen MR) is 139 cm³/mol. The molecule has 1 aromatic heterocycles. The molecule has 34 heavy (non-hydrogen) atoms. The van der Waals surface area contributed by atoms with E-state index in [1.807, 2.05) is 55.5 Å². The van der Waals surface area contributed by atoms with E-state index in [0.29, 0.717) is 16.3 Å². The molecule has 1 saturated heterocycles. The average Bonchev–Trinajstić information content (AvgIpc) is 3.36. The molecule has 2 heterocycles. The zero-order valence-electron chi connectivity index (χ0n) is 18.6. The van der Waals surface area contributed by atoms with E-state index < -0.39 is 17.7 Å². The highest BCUT2D eigenvalue weighted by molar-refractivity contribution is 9.10. The minimum Gasteiger partial charge on any atom is -0.507 e. The van der Waals surface area contributed by atoms with Gasteiger partial charge in [-0.25, -0.2) is 4.98 Å². The van der Waals surface area contributed by atoms with Crippen LogP contribution in [-0.4, -0.2) is 21.8 Å². The van der Waals surface area contributed by atoms with Gasteiger partial charge in [-0.05, 0) is 48.7 Å². The molecular formula is C27H21BrN2O3S. The van der Waals surface area contributed by atoms with Gasteiger partial charge in [-0.3, -0.25) is 14.5 Å². The minimum atomic E-state index is -0.801. The molecule has 0 unspecified atom stereocenters. The Balaban J connectivity index is 1.72. The third-order valence-electron chi connectivity index (χ3n) is 5.99. The Hall–Kier alpha value is -3.29. The third kappa shape index (κ3) is 3.85. The maximum Gasteiger partial charge on any atom is 0.301 e. The highest BCUT2D eigenvalue weighted by Crippen LogP contribution is 2.44. The number of carbonyl (C=O) groups is 2. The molecule has 170 valence electrons. The van der Waals surface area contributed by atoms with Gasteiger partial charge < -0.3 is 5.11 Å². The summed E-state index contributed by atoms with van der Waals surface area (Å²) in [7, 11) is 0. The molecule has 5 rings (SSSR count). The van der Waals surface area contributed by atoms with E-state index in [0.717, 1.165) is 26.7 Å². The van der Waals surface area contributed by atoms with Crippen molar-refractivity contribution in [1.82, 2.24) is 4.98 Å². The highest BCUT2D eigenvalue weighted by Gasteiger charge is 2.48. The molecule has 1 atom stereocenters. The number of amides is 1. The van der Waals surface area contributed by atoms with Gasteiger partial charge in [0.1, 0.15) is 5.76 Å². The standard InChI is InChI=1S/C27H21BrN2O3S/c1-3-16-9-12-20-21(13-16)34-27(29-20)30-23(18-5-4-6-19(28)14-18)22(25(32)26(30)33)24(31)17-10-7-15(2)8-11-17/h4-14,23,31H,3H2,1-2H3/b24-22+/t23-/m0/s1. The number of thiazole rings is 1. The van der Waals surface area contributed by atoms with Gasteiger partial charge in [0.05, 0.1) is 21.8 Å². The topological polar surface area (TPSA) is 70.5 Å². The summed E-state index contributed by atoms with van der Waals surface area (Å²) in [6.45, 7) is 4.03. The van der Waals surface area contributed by atoms with E-state index in [1.165, 1.54) is 21.8 Å². The van der Waals surface area contributed by atoms with Gasteiger partial charge in [-0.15, -0.1) is 0 Å². The average molecular weight is 533 g/mol. The van der Waals surface area contributed by atoms with Crippen LogP contribution in [-0.2, 0) is 16.0 Å². The van der Waals surface area contributed by atoms with Crippen LogP contribution >= 0.6 is 27.3 Å². The first-order valence-electron chi connectivity index (χ1n) is 10.9. The first-order valence-corrected chi connectivity index (χ1v) is 12.5. The summed E-state index contributed by atoms with van der Waals surface area (Å²) in [6, 6.07) is 19.9. The normalized spacial score (nSPS) is 17.6. The molecule has 1 amide bonds. The fraction of sp³-hybridized carbons (Fsp3) is 0.148. The quantitative estimate of drug-likeness (QED) is 0.183. The number of aryl methyl sites for hydroxylation is 2. The van der Waals surface area contributed by atoms with Crippen molar-refractivity contribution >= 4 is 60.1 Å². The van der Waals surface area contributed by atoms with Gasteiger partial charge in [0, 0.05) is 10.0 Å². The molecule has 0 radical (unpaired) electrons. The number of ketones is 1. The number of aliphatic hydroxyl groups is 1. The van der Waals surface area contributed by atoms with E-state index in [2.05, 4.69) is 33.9 Å². The molecule has 0 saturated carbocycles. The molecule has 0 aliphatic carbocycles. The monoisotopic (exact) mass is 532 g/mol. The highest BCUT2D eigenvalue weighted by atomic mass is 79.9. The Morgan fingerprint density at radius 3 is 2.56 bits per heavy atom. The number of anilines is 1. The van der Waals surface area contributed by atoms with Gasteiger partial charge >= 0.3 is 5.91 Å². The maximum absolute atomic E-state index is 13.4. The SMILES string of the molecule is CCc1ccc2nc(N3C(=O)C(=O)/C(=C(/O)c4ccc(C)cc4)[C@@H]3c3cccc(Br)c3)sc2c1. The number of hydrogen-bond acceptors (Lipinski definition) is 5. The number of aromatic nitrogens is 1. The second kappa shape index (κ2) is 8.81. The number of nitrogens with zero attached hydrogens (tertiary/aromatic N) is 2. The first kappa shape index (κ1) is 22.5. The molecule has 7 heteroatoms. The number of rotatable bonds is 4. The molecule has 5 nitrogen and oxygen atoms in total. The summed E-state index contributed by atoms with van der Waals surface area (Å²) >= 11 is 4.86. The lowest BCUT2D eigenvalue weighted by Gasteiger charge is -2.23. The lowest BCUT2D eigenvalue weighted by molar-refractivity contribution is -0.132. The maximum atomic E-state index is 13.4. The van der Waals surface area contributed by atoms with E-state index in [-0.39, 0.29) is 11.3 Å². The van der Waals surface area contributed by atoms with Crippen molar-refractivity contribution in [1.29, 1.82) is 0 Å². The van der Waals surface area contributed by atoms with Gasteiger partial charge in [-0.2, -0.15) is 0 Å². The summed E-state index contributed by atoms with van der Waals surface area (Å²) < 4.78 is 1.76. The number of carbonyl (C=O) groups excluding carboxylic acids is 2. The molecule has 4 aromatic rings. The van der Waals surface area contributed by atoms with Crippen molar-refractivity contribution < 1.29 is 14.7 Å². The summed E-state index contributed by atoms with van der Waals surface area (Å²) in [6.07, 6.45) is 0.891. The van der Waals surface area contributed by atoms with E-state index in [9.17, 15) is 14.7 Å². The van der Waals surface area contributed by atoms with Crippen LogP contribution in [0.15, 0.2) is 76.8 Å².